The van der Waals surface area contributed by atoms with Crippen molar-refractivity contribution >= 4 is 11.9 Å². The number of nitrogens with one attached hydrogen (secondary N) is 1. The summed E-state index contributed by atoms with van der Waals surface area (Å²) in [7, 11) is 0. The van der Waals surface area contributed by atoms with Gasteiger partial charge in [-0.15, -0.1) is 0 Å². The highest BCUT2D eigenvalue weighted by molar-refractivity contribution is 5.76. The highest BCUT2D eigenvalue weighted by atomic mass is 19.4. The van der Waals surface area contributed by atoms with Gasteiger partial charge in [-0.3, -0.25) is 14.6 Å². The maximum absolute atomic E-state index is 13.1. The van der Waals surface area contributed by atoms with Crippen LogP contribution < -0.4 is 10.5 Å². The molecule has 1 aliphatic heterocycles. The predicted octanol–water partition coefficient (Wildman–Crippen LogP) is 2.31. The predicted molar refractivity (Wildman–Crippen MR) is 114 cm³/mol. The minimum atomic E-state index is -4.57. The Morgan fingerprint density at radius 3 is 2.52 bits per heavy atom. The maximum Gasteiger partial charge on any atom is 0.406 e. The first-order valence-corrected chi connectivity index (χ1v) is 10.4. The molecule has 1 aromatic heterocycles. The first-order chi connectivity index (χ1) is 15.7. The fourth-order valence-electron chi connectivity index (χ4n) is 3.56. The van der Waals surface area contributed by atoms with E-state index in [0.717, 1.165) is 0 Å². The van der Waals surface area contributed by atoms with Crippen molar-refractivity contribution in [2.75, 3.05) is 37.7 Å². The average Bonchev–Trinajstić information content (AvgIpc) is 2.78. The van der Waals surface area contributed by atoms with E-state index in [1.165, 1.54) is 24.3 Å². The van der Waals surface area contributed by atoms with Crippen molar-refractivity contribution in [3.63, 3.8) is 0 Å². The minimum absolute atomic E-state index is 0.0296. The standard InChI is InChI=1S/C22H24F3N5O3/c1-15-18(20(32)28-21(27-15)29-8-10-33-11-9-29)6-7-19(31)30(14-22(23,24)25)13-17-4-2-16(12-26)3-5-17/h2-5H,6-11,13-14H2,1H3,(H,27,28,32). The molecular formula is C22H24F3N5O3. The van der Waals surface area contributed by atoms with E-state index in [0.29, 0.717) is 54.0 Å². The van der Waals surface area contributed by atoms with Gasteiger partial charge in [0.25, 0.3) is 5.56 Å². The molecule has 1 aromatic carbocycles. The van der Waals surface area contributed by atoms with Gasteiger partial charge in [-0.1, -0.05) is 12.1 Å². The molecule has 176 valence electrons. The Balaban J connectivity index is 1.71. The number of halogens is 3. The molecule has 3 rings (SSSR count). The van der Waals surface area contributed by atoms with Gasteiger partial charge < -0.3 is 14.5 Å². The quantitative estimate of drug-likeness (QED) is 0.676. The summed E-state index contributed by atoms with van der Waals surface area (Å²) in [5.41, 5.74) is 1.13. The van der Waals surface area contributed by atoms with Crippen LogP contribution in [0.4, 0.5) is 19.1 Å². The number of aromatic amines is 1. The fourth-order valence-corrected chi connectivity index (χ4v) is 3.56. The molecule has 0 bridgehead atoms. The van der Waals surface area contributed by atoms with Gasteiger partial charge in [0.1, 0.15) is 6.54 Å². The molecule has 2 aromatic rings. The average molecular weight is 463 g/mol. The van der Waals surface area contributed by atoms with E-state index in [2.05, 4.69) is 9.97 Å². The van der Waals surface area contributed by atoms with Gasteiger partial charge in [0.15, 0.2) is 0 Å². The number of carbonyl (C=O) groups excluding carboxylic acids is 1. The largest absolute Gasteiger partial charge is 0.406 e. The summed E-state index contributed by atoms with van der Waals surface area (Å²) >= 11 is 0. The number of aryl methyl sites for hydroxylation is 1. The second kappa shape index (κ2) is 10.5. The zero-order chi connectivity index (χ0) is 24.0. The Morgan fingerprint density at radius 2 is 1.94 bits per heavy atom. The Kier molecular flexibility index (Phi) is 7.71. The number of morpholine rings is 1. The summed E-state index contributed by atoms with van der Waals surface area (Å²) in [4.78, 5) is 35.0. The number of anilines is 1. The second-order valence-corrected chi connectivity index (χ2v) is 7.73. The van der Waals surface area contributed by atoms with Crippen LogP contribution in [0.2, 0.25) is 0 Å². The molecular weight excluding hydrogens is 439 g/mol. The van der Waals surface area contributed by atoms with Crippen LogP contribution in [0, 0.1) is 18.3 Å². The van der Waals surface area contributed by atoms with Crippen LogP contribution in [-0.4, -0.2) is 59.8 Å². The molecule has 1 aliphatic rings. The van der Waals surface area contributed by atoms with Gasteiger partial charge in [0, 0.05) is 37.3 Å². The van der Waals surface area contributed by atoms with Gasteiger partial charge >= 0.3 is 6.18 Å². The second-order valence-electron chi connectivity index (χ2n) is 7.73. The highest BCUT2D eigenvalue weighted by Gasteiger charge is 2.33. The van der Waals surface area contributed by atoms with Crippen LogP contribution in [0.1, 0.15) is 28.8 Å². The third-order valence-corrected chi connectivity index (χ3v) is 5.29. The third kappa shape index (κ3) is 6.79. The monoisotopic (exact) mass is 463 g/mol. The van der Waals surface area contributed by atoms with Gasteiger partial charge in [0.05, 0.1) is 24.8 Å². The number of amides is 1. The number of carbonyl (C=O) groups is 1. The molecule has 0 spiro atoms. The molecule has 2 heterocycles. The summed E-state index contributed by atoms with van der Waals surface area (Å²) in [6.45, 7) is 2.19. The summed E-state index contributed by atoms with van der Waals surface area (Å²) in [5.74, 6) is -0.317. The number of aromatic nitrogens is 2. The van der Waals surface area contributed by atoms with Crippen molar-refractivity contribution in [1.29, 1.82) is 5.26 Å². The first kappa shape index (κ1) is 24.3. The zero-order valence-corrected chi connectivity index (χ0v) is 18.1. The van der Waals surface area contributed by atoms with Crippen LogP contribution >= 0.6 is 0 Å². The molecule has 0 atom stereocenters. The lowest BCUT2D eigenvalue weighted by Gasteiger charge is -2.27. The molecule has 1 fully saturated rings. The lowest BCUT2D eigenvalue weighted by Crippen LogP contribution is -2.39. The van der Waals surface area contributed by atoms with Crippen molar-refractivity contribution in [2.45, 2.75) is 32.5 Å². The van der Waals surface area contributed by atoms with Crippen molar-refractivity contribution in [3.8, 4) is 6.07 Å². The van der Waals surface area contributed by atoms with Crippen LogP contribution in [0.5, 0.6) is 0 Å². The molecule has 11 heteroatoms. The molecule has 8 nitrogen and oxygen atoms in total. The number of hydrogen-bond acceptors (Lipinski definition) is 6. The Labute approximate surface area is 188 Å². The van der Waals surface area contributed by atoms with E-state index < -0.39 is 24.2 Å². The first-order valence-electron chi connectivity index (χ1n) is 10.4. The number of benzene rings is 1. The number of hydrogen-bond donors (Lipinski definition) is 1. The summed E-state index contributed by atoms with van der Waals surface area (Å²) in [6.07, 6.45) is -4.87. The van der Waals surface area contributed by atoms with Gasteiger partial charge in [-0.05, 0) is 31.0 Å². The number of alkyl halides is 3. The fraction of sp³-hybridized carbons (Fsp3) is 0.455. The van der Waals surface area contributed by atoms with Crippen molar-refractivity contribution in [1.82, 2.24) is 14.9 Å². The lowest BCUT2D eigenvalue weighted by atomic mass is 10.1. The minimum Gasteiger partial charge on any atom is -0.378 e. The van der Waals surface area contributed by atoms with Crippen molar-refractivity contribution in [2.24, 2.45) is 0 Å². The summed E-state index contributed by atoms with van der Waals surface area (Å²) < 4.78 is 44.5. The molecule has 0 saturated carbocycles. The topological polar surface area (TPSA) is 102 Å². The summed E-state index contributed by atoms with van der Waals surface area (Å²) in [6, 6.07) is 7.92. The van der Waals surface area contributed by atoms with Crippen LogP contribution in [0.25, 0.3) is 0 Å². The SMILES string of the molecule is Cc1nc(N2CCOCC2)[nH]c(=O)c1CCC(=O)N(Cc1ccc(C#N)cc1)CC(F)(F)F. The summed E-state index contributed by atoms with van der Waals surface area (Å²) in [5, 5.41) is 8.86. The number of H-pyrrole nitrogens is 1. The zero-order valence-electron chi connectivity index (χ0n) is 18.1. The number of rotatable bonds is 7. The Hall–Kier alpha value is -3.39. The third-order valence-electron chi connectivity index (χ3n) is 5.29. The van der Waals surface area contributed by atoms with E-state index >= 15 is 0 Å². The number of ether oxygens (including phenoxy) is 1. The van der Waals surface area contributed by atoms with E-state index in [9.17, 15) is 22.8 Å². The molecule has 0 unspecified atom stereocenters. The van der Waals surface area contributed by atoms with Crippen LogP contribution in [0.15, 0.2) is 29.1 Å². The van der Waals surface area contributed by atoms with Gasteiger partial charge in [0.2, 0.25) is 11.9 Å². The molecule has 1 saturated heterocycles. The molecule has 33 heavy (non-hydrogen) atoms. The normalized spacial score (nSPS) is 14.1. The molecule has 0 aliphatic carbocycles. The Bertz CT molecular complexity index is 1070. The highest BCUT2D eigenvalue weighted by Crippen LogP contribution is 2.20. The molecule has 1 amide bonds. The number of nitrogens with zero attached hydrogens (tertiary/aromatic N) is 4. The van der Waals surface area contributed by atoms with E-state index in [1.807, 2.05) is 11.0 Å². The van der Waals surface area contributed by atoms with Crippen LogP contribution in [0.3, 0.4) is 0 Å². The smallest absolute Gasteiger partial charge is 0.378 e. The van der Waals surface area contributed by atoms with Crippen molar-refractivity contribution < 1.29 is 22.7 Å². The lowest BCUT2D eigenvalue weighted by molar-refractivity contribution is -0.162. The van der Waals surface area contributed by atoms with Crippen LogP contribution in [-0.2, 0) is 22.5 Å². The van der Waals surface area contributed by atoms with Gasteiger partial charge in [-0.2, -0.15) is 18.4 Å². The van der Waals surface area contributed by atoms with E-state index in [4.69, 9.17) is 10.00 Å². The molecule has 0 radical (unpaired) electrons. The Morgan fingerprint density at radius 1 is 1.27 bits per heavy atom. The van der Waals surface area contributed by atoms with Crippen molar-refractivity contribution in [3.05, 3.63) is 57.0 Å². The molecule has 1 N–H and O–H groups in total. The maximum atomic E-state index is 13.1. The number of nitriles is 1. The van der Waals surface area contributed by atoms with E-state index in [1.54, 1.807) is 6.92 Å². The van der Waals surface area contributed by atoms with E-state index in [-0.39, 0.29) is 24.9 Å². The van der Waals surface area contributed by atoms with Gasteiger partial charge in [-0.25, -0.2) is 4.98 Å².